The molecule has 2 saturated carbocycles. The van der Waals surface area contributed by atoms with Crippen molar-refractivity contribution in [3.05, 3.63) is 62.8 Å². The van der Waals surface area contributed by atoms with Crippen molar-refractivity contribution in [1.29, 1.82) is 0 Å². The van der Waals surface area contributed by atoms with Crippen LogP contribution >= 0.6 is 22.6 Å². The van der Waals surface area contributed by atoms with Crippen molar-refractivity contribution in [3.8, 4) is 5.75 Å². The minimum Gasteiger partial charge on any atom is -0.497 e. The van der Waals surface area contributed by atoms with Gasteiger partial charge in [-0.1, -0.05) is 76.1 Å². The Bertz CT molecular complexity index is 1210. The maximum Gasteiger partial charge on any atom is 0.191 e. The summed E-state index contributed by atoms with van der Waals surface area (Å²) in [5.41, 5.74) is 4.41. The second-order valence-electron chi connectivity index (χ2n) is 16.0. The molecule has 3 aliphatic rings. The monoisotopic (exact) mass is 748 g/mol. The molecule has 0 aromatic heterocycles. The first-order chi connectivity index (χ1) is 21.2. The molecule has 0 amide bonds. The van der Waals surface area contributed by atoms with Crippen molar-refractivity contribution >= 4 is 30.9 Å². The summed E-state index contributed by atoms with van der Waals surface area (Å²) in [6.07, 6.45) is 14.9. The van der Waals surface area contributed by atoms with Gasteiger partial charge in [-0.15, -0.1) is 0 Å². The Morgan fingerprint density at radius 3 is 2.56 bits per heavy atom. The first-order valence-corrected chi connectivity index (χ1v) is 21.4. The molecule has 45 heavy (non-hydrogen) atoms. The van der Waals surface area contributed by atoms with Crippen LogP contribution < -0.4 is 4.74 Å². The van der Waals surface area contributed by atoms with E-state index in [4.69, 9.17) is 13.9 Å². The molecule has 0 saturated heterocycles. The highest BCUT2D eigenvalue weighted by molar-refractivity contribution is 14.1. The van der Waals surface area contributed by atoms with E-state index in [2.05, 4.69) is 108 Å². The molecule has 0 aliphatic heterocycles. The lowest BCUT2D eigenvalue weighted by Crippen LogP contribution is -2.43. The van der Waals surface area contributed by atoms with Gasteiger partial charge in [-0.3, -0.25) is 0 Å². The number of aliphatic hydroxyl groups excluding tert-OH is 1. The molecule has 1 N–H and O–H groups in total. The molecular weight excluding hydrogens is 687 g/mol. The van der Waals surface area contributed by atoms with E-state index >= 15 is 0 Å². The molecule has 4 nitrogen and oxygen atoms in total. The van der Waals surface area contributed by atoms with Gasteiger partial charge < -0.3 is 19.0 Å². The van der Waals surface area contributed by atoms with Crippen LogP contribution in [-0.2, 0) is 15.8 Å². The van der Waals surface area contributed by atoms with Gasteiger partial charge in [0.05, 0.1) is 26.4 Å². The van der Waals surface area contributed by atoms with Gasteiger partial charge in [0.25, 0.3) is 0 Å². The number of benzene rings is 1. The van der Waals surface area contributed by atoms with Crippen molar-refractivity contribution < 1.29 is 19.0 Å². The van der Waals surface area contributed by atoms with Gasteiger partial charge >= 0.3 is 0 Å². The molecule has 0 spiro atoms. The zero-order valence-electron chi connectivity index (χ0n) is 29.6. The molecule has 0 heterocycles. The summed E-state index contributed by atoms with van der Waals surface area (Å²) in [6.45, 7) is 20.7. The van der Waals surface area contributed by atoms with Gasteiger partial charge in [0.2, 0.25) is 0 Å². The van der Waals surface area contributed by atoms with Crippen molar-refractivity contribution in [2.24, 2.45) is 35.0 Å². The van der Waals surface area contributed by atoms with Gasteiger partial charge in [-0.25, -0.2) is 0 Å². The molecule has 252 valence electrons. The number of halogens is 1. The van der Waals surface area contributed by atoms with E-state index in [1.165, 1.54) is 22.0 Å². The minimum absolute atomic E-state index is 0.182. The number of aliphatic hydroxyl groups is 1. The van der Waals surface area contributed by atoms with Crippen LogP contribution in [0.2, 0.25) is 18.1 Å². The molecule has 2 fully saturated rings. The van der Waals surface area contributed by atoms with Gasteiger partial charge in [0.1, 0.15) is 5.75 Å². The second kappa shape index (κ2) is 15.5. The third kappa shape index (κ3) is 9.16. The average molecular weight is 749 g/mol. The van der Waals surface area contributed by atoms with Crippen LogP contribution in [0.3, 0.4) is 0 Å². The first kappa shape index (κ1) is 36.9. The quantitative estimate of drug-likeness (QED) is 0.110. The predicted octanol–water partition coefficient (Wildman–Crippen LogP) is 10.7. The fraction of sp³-hybridized carbons (Fsp3) is 0.692. The Morgan fingerprint density at radius 2 is 1.89 bits per heavy atom. The molecule has 0 unspecified atom stereocenters. The van der Waals surface area contributed by atoms with E-state index in [9.17, 15) is 5.11 Å². The summed E-state index contributed by atoms with van der Waals surface area (Å²) < 4.78 is 19.5. The van der Waals surface area contributed by atoms with Gasteiger partial charge in [0, 0.05) is 6.61 Å². The number of fused-ring (bicyclic) bond motifs is 1. The van der Waals surface area contributed by atoms with Crippen LogP contribution in [0.1, 0.15) is 92.1 Å². The number of hydrogen-bond donors (Lipinski definition) is 1. The van der Waals surface area contributed by atoms with Gasteiger partial charge in [0.15, 0.2) is 8.32 Å². The summed E-state index contributed by atoms with van der Waals surface area (Å²) in [7, 11) is -0.199. The average Bonchev–Trinajstić information content (AvgIpc) is 3.66. The third-order valence-electron chi connectivity index (χ3n) is 11.8. The summed E-state index contributed by atoms with van der Waals surface area (Å²) >= 11 is 2.57. The highest BCUT2D eigenvalue weighted by atomic mass is 127. The number of rotatable bonds is 15. The molecular formula is C39H61IO4Si. The lowest BCUT2D eigenvalue weighted by atomic mass is 9.77. The topological polar surface area (TPSA) is 47.9 Å². The van der Waals surface area contributed by atoms with Crippen molar-refractivity contribution in [2.45, 2.75) is 117 Å². The zero-order valence-corrected chi connectivity index (χ0v) is 32.8. The Kier molecular flexibility index (Phi) is 12.7. The van der Waals surface area contributed by atoms with Crippen molar-refractivity contribution in [2.75, 3.05) is 20.3 Å². The van der Waals surface area contributed by atoms with Crippen LogP contribution in [0, 0.1) is 35.0 Å². The number of hydrogen-bond acceptors (Lipinski definition) is 4. The summed E-state index contributed by atoms with van der Waals surface area (Å²) in [6, 6.07) is 8.07. The SMILES string of the molecule is COc1ccc(COC/C(C)=C/CC[C@@H](C)/C(I)=C/C[C@H](CO[Si](C)(C)C(C)(C)C)[C@H]2CCC3=CCC[C@]4(C)[C@H]([C@@H]2O)[C@H]34)cc1. The lowest BCUT2D eigenvalue weighted by molar-refractivity contribution is 0.0237. The summed E-state index contributed by atoms with van der Waals surface area (Å²) in [5.74, 6) is 3.08. The van der Waals surface area contributed by atoms with Crippen LogP contribution in [0.15, 0.2) is 57.2 Å². The Labute approximate surface area is 289 Å². The zero-order chi connectivity index (χ0) is 33.0. The van der Waals surface area contributed by atoms with E-state index in [1.54, 1.807) is 12.7 Å². The Morgan fingerprint density at radius 1 is 1.18 bits per heavy atom. The number of allylic oxidation sites excluding steroid dienone is 5. The fourth-order valence-electron chi connectivity index (χ4n) is 7.59. The van der Waals surface area contributed by atoms with Gasteiger partial charge in [-0.05, 0) is 149 Å². The molecule has 7 atom stereocenters. The summed E-state index contributed by atoms with van der Waals surface area (Å²) in [4.78, 5) is 0. The third-order valence-corrected chi connectivity index (χ3v) is 17.8. The lowest BCUT2D eigenvalue weighted by Gasteiger charge is -2.39. The van der Waals surface area contributed by atoms with Crippen LogP contribution in [0.25, 0.3) is 0 Å². The Balaban J connectivity index is 1.33. The molecule has 3 aliphatic carbocycles. The molecule has 0 bridgehead atoms. The first-order valence-electron chi connectivity index (χ1n) is 17.4. The number of methoxy groups -OCH3 is 1. The minimum atomic E-state index is -1.89. The normalized spacial score (nSPS) is 28.6. The maximum absolute atomic E-state index is 11.9. The molecule has 6 heteroatoms. The second-order valence-corrected chi connectivity index (χ2v) is 22.1. The van der Waals surface area contributed by atoms with Crippen LogP contribution in [0.5, 0.6) is 5.75 Å². The number of ether oxygens (including phenoxy) is 2. The molecule has 0 radical (unpaired) electrons. The molecule has 1 aromatic carbocycles. The maximum atomic E-state index is 11.9. The van der Waals surface area contributed by atoms with Crippen LogP contribution in [-0.4, -0.2) is 39.9 Å². The Hall–Kier alpha value is -0.933. The van der Waals surface area contributed by atoms with E-state index in [1.807, 2.05) is 12.1 Å². The molecule has 4 rings (SSSR count). The van der Waals surface area contributed by atoms with Gasteiger partial charge in [-0.2, -0.15) is 0 Å². The summed E-state index contributed by atoms with van der Waals surface area (Å²) in [5, 5.41) is 12.1. The van der Waals surface area contributed by atoms with Crippen molar-refractivity contribution in [1.82, 2.24) is 0 Å². The highest BCUT2D eigenvalue weighted by Gasteiger charge is 2.67. The molecule has 1 aromatic rings. The fourth-order valence-corrected chi connectivity index (χ4v) is 9.22. The smallest absolute Gasteiger partial charge is 0.191 e. The van der Waals surface area contributed by atoms with E-state index in [0.29, 0.717) is 48.2 Å². The van der Waals surface area contributed by atoms with E-state index < -0.39 is 8.32 Å². The predicted molar refractivity (Wildman–Crippen MR) is 199 cm³/mol. The van der Waals surface area contributed by atoms with Crippen LogP contribution in [0.4, 0.5) is 0 Å². The van der Waals surface area contributed by atoms with E-state index in [-0.39, 0.29) is 11.1 Å². The van der Waals surface area contributed by atoms with Crippen molar-refractivity contribution in [3.63, 3.8) is 0 Å². The standard InChI is InChI=1S/C39H61IO4Si/c1-27(24-43-25-29-15-19-32(42-7)20-16-29)12-10-13-28(2)34(40)22-18-31(26-44-45(8,9)38(3,4)5)33-21-17-30-14-11-23-39(6)35(30)36(39)37(33)41/h12,14-16,19-20,22,28,31,33,35-37,41H,10-11,13,17-18,21,23-26H2,1-9H3/b27-12+,34-22-/t28-,31-,33-,35+,36+,37-,39+/m1/s1. The largest absolute Gasteiger partial charge is 0.497 e. The van der Waals surface area contributed by atoms with E-state index in [0.717, 1.165) is 50.0 Å². The highest BCUT2D eigenvalue weighted by Crippen LogP contribution is 2.71.